The Kier molecular flexibility index (Phi) is 56.9. The summed E-state index contributed by atoms with van der Waals surface area (Å²) in [5.41, 5.74) is 0. The van der Waals surface area contributed by atoms with Crippen molar-refractivity contribution in [3.8, 4) is 0 Å². The highest BCUT2D eigenvalue weighted by Crippen LogP contribution is 2.14. The second kappa shape index (κ2) is 60.4. The molecule has 0 aliphatic heterocycles. The van der Waals surface area contributed by atoms with Crippen molar-refractivity contribution in [1.29, 1.82) is 0 Å². The minimum Gasteiger partial charge on any atom is -0.462 e. The van der Waals surface area contributed by atoms with Crippen molar-refractivity contribution in [1.82, 2.24) is 0 Å². The summed E-state index contributed by atoms with van der Waals surface area (Å²) < 4.78 is 16.8. The first kappa shape index (κ1) is 68.8. The Hall–Kier alpha value is -4.19. The van der Waals surface area contributed by atoms with Gasteiger partial charge in [-0.15, -0.1) is 0 Å². The van der Waals surface area contributed by atoms with E-state index in [2.05, 4.69) is 142 Å². The first-order chi connectivity index (χ1) is 36.0. The SMILES string of the molecule is CCCCC/C=C\C/C=C\C/C=C\C/C=C\CCCCCC(=O)OC[C@@H](COC(=O)CCC/C=C\C/C=C\C/C=C\C/C=C\CCCCC)OC(=O)CCCCCCCCCCC/C=C\C/C=C\CCCCC. The van der Waals surface area contributed by atoms with Crippen LogP contribution in [0.15, 0.2) is 122 Å². The zero-order valence-electron chi connectivity index (χ0n) is 47.4. The van der Waals surface area contributed by atoms with Gasteiger partial charge in [0.05, 0.1) is 0 Å². The van der Waals surface area contributed by atoms with E-state index in [0.29, 0.717) is 19.3 Å². The van der Waals surface area contributed by atoms with Crippen LogP contribution in [0, 0.1) is 0 Å². The van der Waals surface area contributed by atoms with Crippen LogP contribution in [-0.4, -0.2) is 37.2 Å². The van der Waals surface area contributed by atoms with Crippen LogP contribution in [0.5, 0.6) is 0 Å². The van der Waals surface area contributed by atoms with Crippen LogP contribution < -0.4 is 0 Å². The van der Waals surface area contributed by atoms with Gasteiger partial charge in [0.15, 0.2) is 6.10 Å². The number of hydrogen-bond donors (Lipinski definition) is 0. The molecule has 1 atom stereocenters. The van der Waals surface area contributed by atoms with Gasteiger partial charge < -0.3 is 14.2 Å². The normalized spacial score (nSPS) is 13.0. The van der Waals surface area contributed by atoms with Crippen molar-refractivity contribution < 1.29 is 28.6 Å². The van der Waals surface area contributed by atoms with Gasteiger partial charge >= 0.3 is 17.9 Å². The van der Waals surface area contributed by atoms with Crippen LogP contribution in [0.4, 0.5) is 0 Å². The zero-order valence-corrected chi connectivity index (χ0v) is 47.4. The van der Waals surface area contributed by atoms with E-state index >= 15 is 0 Å². The third kappa shape index (κ3) is 58.6. The van der Waals surface area contributed by atoms with Crippen LogP contribution in [0.25, 0.3) is 0 Å². The topological polar surface area (TPSA) is 78.9 Å². The van der Waals surface area contributed by atoms with Gasteiger partial charge in [0.25, 0.3) is 0 Å². The van der Waals surface area contributed by atoms with Gasteiger partial charge in [-0.2, -0.15) is 0 Å². The third-order valence-corrected chi connectivity index (χ3v) is 12.4. The van der Waals surface area contributed by atoms with Crippen molar-refractivity contribution in [2.75, 3.05) is 13.2 Å². The summed E-state index contributed by atoms with van der Waals surface area (Å²) >= 11 is 0. The molecule has 0 bridgehead atoms. The lowest BCUT2D eigenvalue weighted by molar-refractivity contribution is -0.167. The molecule has 0 unspecified atom stereocenters. The molecule has 0 rings (SSSR count). The summed E-state index contributed by atoms with van der Waals surface area (Å²) in [6, 6.07) is 0. The molecular weight excluding hydrogens is 901 g/mol. The third-order valence-electron chi connectivity index (χ3n) is 12.4. The van der Waals surface area contributed by atoms with Crippen LogP contribution >= 0.6 is 0 Å². The molecule has 0 aliphatic carbocycles. The standard InChI is InChI=1S/C67H110O6/c1-4-7-10-13-16-19-22-25-28-31-33-36-39-42-45-48-51-54-57-60-66(69)72-63-64(62-71-65(68)59-56-53-50-47-44-41-38-35-30-27-24-21-18-15-12-9-6-3)73-67(70)61-58-55-52-49-46-43-40-37-34-32-29-26-23-20-17-14-11-8-5-2/h16-21,25-30,33,36,38,41-42,45,47,50,64H,4-15,22-24,31-32,34-35,37,39-40,43-44,46,48-49,51-63H2,1-3H3/b19-16-,20-17-,21-18-,28-25-,29-26-,30-27-,36-33-,41-38-,45-42-,50-47-/t64-/m1/s1. The molecule has 0 amide bonds. The summed E-state index contributed by atoms with van der Waals surface area (Å²) in [4.78, 5) is 38.2. The van der Waals surface area contributed by atoms with Crippen molar-refractivity contribution in [2.24, 2.45) is 0 Å². The number of allylic oxidation sites excluding steroid dienone is 20. The van der Waals surface area contributed by atoms with Gasteiger partial charge in [-0.1, -0.05) is 232 Å². The smallest absolute Gasteiger partial charge is 0.306 e. The van der Waals surface area contributed by atoms with Crippen LogP contribution in [0.2, 0.25) is 0 Å². The van der Waals surface area contributed by atoms with Gasteiger partial charge in [-0.25, -0.2) is 0 Å². The van der Waals surface area contributed by atoms with E-state index in [0.717, 1.165) is 96.3 Å². The molecule has 0 heterocycles. The fraction of sp³-hybridized carbons (Fsp3) is 0.657. The van der Waals surface area contributed by atoms with E-state index in [1.807, 2.05) is 0 Å². The minimum absolute atomic E-state index is 0.116. The van der Waals surface area contributed by atoms with Crippen molar-refractivity contribution >= 4 is 17.9 Å². The number of esters is 3. The number of carbonyl (C=O) groups is 3. The molecule has 73 heavy (non-hydrogen) atoms. The van der Waals surface area contributed by atoms with Crippen molar-refractivity contribution in [2.45, 2.75) is 271 Å². The number of rotatable bonds is 53. The molecule has 6 nitrogen and oxygen atoms in total. The monoisotopic (exact) mass is 1010 g/mol. The fourth-order valence-electron chi connectivity index (χ4n) is 7.86. The Morgan fingerprint density at radius 1 is 0.274 bits per heavy atom. The molecule has 0 aliphatic rings. The largest absolute Gasteiger partial charge is 0.462 e. The first-order valence-corrected chi connectivity index (χ1v) is 30.0. The lowest BCUT2D eigenvalue weighted by Crippen LogP contribution is -2.30. The van der Waals surface area contributed by atoms with E-state index in [1.54, 1.807) is 0 Å². The molecule has 0 saturated heterocycles. The second-order valence-electron chi connectivity index (χ2n) is 19.5. The van der Waals surface area contributed by atoms with Gasteiger partial charge in [0.1, 0.15) is 13.2 Å². The van der Waals surface area contributed by atoms with Gasteiger partial charge in [0.2, 0.25) is 0 Å². The van der Waals surface area contributed by atoms with E-state index < -0.39 is 6.10 Å². The van der Waals surface area contributed by atoms with Gasteiger partial charge in [0, 0.05) is 19.3 Å². The predicted molar refractivity (Wildman–Crippen MR) is 316 cm³/mol. The Morgan fingerprint density at radius 2 is 0.507 bits per heavy atom. The Labute approximate surface area is 450 Å². The molecule has 0 fully saturated rings. The fourth-order valence-corrected chi connectivity index (χ4v) is 7.86. The summed E-state index contributed by atoms with van der Waals surface area (Å²) in [6.45, 7) is 6.48. The van der Waals surface area contributed by atoms with E-state index in [1.165, 1.54) is 122 Å². The predicted octanol–water partition coefficient (Wildman–Crippen LogP) is 20.4. The lowest BCUT2D eigenvalue weighted by Gasteiger charge is -2.18. The Bertz CT molecular complexity index is 1540. The summed E-state index contributed by atoms with van der Waals surface area (Å²) in [5.74, 6) is -1.00. The van der Waals surface area contributed by atoms with Crippen LogP contribution in [0.1, 0.15) is 265 Å². The highest BCUT2D eigenvalue weighted by Gasteiger charge is 2.19. The zero-order chi connectivity index (χ0) is 52.9. The molecule has 0 saturated carbocycles. The highest BCUT2D eigenvalue weighted by atomic mass is 16.6. The number of ether oxygens (including phenoxy) is 3. The average molecular weight is 1010 g/mol. The maximum atomic E-state index is 12.9. The summed E-state index contributed by atoms with van der Waals surface area (Å²) in [7, 11) is 0. The maximum Gasteiger partial charge on any atom is 0.306 e. The Balaban J connectivity index is 4.54. The number of carbonyl (C=O) groups excluding carboxylic acids is 3. The minimum atomic E-state index is -0.820. The molecular formula is C67H110O6. The van der Waals surface area contributed by atoms with Gasteiger partial charge in [-0.3, -0.25) is 14.4 Å². The molecule has 0 aromatic heterocycles. The number of hydrogen-bond acceptors (Lipinski definition) is 6. The summed E-state index contributed by atoms with van der Waals surface area (Å²) in [6.07, 6.45) is 83.3. The first-order valence-electron chi connectivity index (χ1n) is 30.0. The van der Waals surface area contributed by atoms with Crippen LogP contribution in [-0.2, 0) is 28.6 Å². The summed E-state index contributed by atoms with van der Waals surface area (Å²) in [5, 5.41) is 0. The van der Waals surface area contributed by atoms with Crippen LogP contribution in [0.3, 0.4) is 0 Å². The average Bonchev–Trinajstić information content (AvgIpc) is 3.39. The number of unbranched alkanes of at least 4 members (excludes halogenated alkanes) is 22. The molecule has 0 spiro atoms. The molecule has 0 radical (unpaired) electrons. The van der Waals surface area contributed by atoms with Crippen molar-refractivity contribution in [3.05, 3.63) is 122 Å². The molecule has 414 valence electrons. The highest BCUT2D eigenvalue weighted by molar-refractivity contribution is 5.71. The molecule has 0 N–H and O–H groups in total. The molecule has 0 aromatic rings. The second-order valence-corrected chi connectivity index (χ2v) is 19.5. The van der Waals surface area contributed by atoms with Crippen molar-refractivity contribution in [3.63, 3.8) is 0 Å². The molecule has 6 heteroatoms. The van der Waals surface area contributed by atoms with E-state index in [4.69, 9.17) is 14.2 Å². The quantitative estimate of drug-likeness (QED) is 0.0261. The lowest BCUT2D eigenvalue weighted by atomic mass is 10.1. The van der Waals surface area contributed by atoms with E-state index in [-0.39, 0.29) is 37.5 Å². The maximum absolute atomic E-state index is 12.9. The van der Waals surface area contributed by atoms with Gasteiger partial charge in [-0.05, 0) is 135 Å². The Morgan fingerprint density at radius 3 is 0.836 bits per heavy atom. The van der Waals surface area contributed by atoms with E-state index in [9.17, 15) is 14.4 Å². The molecule has 0 aromatic carbocycles.